The summed E-state index contributed by atoms with van der Waals surface area (Å²) in [4.78, 5) is 48.6. The molecule has 0 aliphatic rings. The number of carbonyl (C=O) groups is 3. The Morgan fingerprint density at radius 2 is 1.63 bits per heavy atom. The molecule has 0 unspecified atom stereocenters. The molecular weight excluding hydrogens is 575 g/mol. The van der Waals surface area contributed by atoms with Gasteiger partial charge in [-0.3, -0.25) is 9.59 Å². The fourth-order valence-electron chi connectivity index (χ4n) is 3.77. The molecule has 1 amide bonds. The first kappa shape index (κ1) is 30.6. The lowest BCUT2D eigenvalue weighted by atomic mass is 10.2. The maximum atomic E-state index is 13.9. The van der Waals surface area contributed by atoms with Crippen LogP contribution >= 0.6 is 0 Å². The second-order valence-electron chi connectivity index (χ2n) is 8.93. The van der Waals surface area contributed by atoms with Crippen molar-refractivity contribution in [1.82, 2.24) is 5.32 Å². The first-order valence-electron chi connectivity index (χ1n) is 12.7. The van der Waals surface area contributed by atoms with Crippen molar-refractivity contribution in [3.05, 3.63) is 99.9 Å². The van der Waals surface area contributed by atoms with Crippen LogP contribution in [0.2, 0.25) is 0 Å². The highest BCUT2D eigenvalue weighted by Gasteiger charge is 2.40. The number of alkyl carbamates (subject to hydrolysis) is 1. The summed E-state index contributed by atoms with van der Waals surface area (Å²) in [5.74, 6) is -4.51. The summed E-state index contributed by atoms with van der Waals surface area (Å²) in [5.41, 5.74) is -0.672. The number of hydrogen-bond acceptors (Lipinski definition) is 9. The Bertz CT molecular complexity index is 1670. The van der Waals surface area contributed by atoms with E-state index >= 15 is 0 Å². The molecule has 0 radical (unpaired) electrons. The van der Waals surface area contributed by atoms with Gasteiger partial charge in [0.25, 0.3) is 5.76 Å². The molecule has 1 heterocycles. The van der Waals surface area contributed by atoms with Gasteiger partial charge in [-0.15, -0.1) is 0 Å². The van der Waals surface area contributed by atoms with Crippen molar-refractivity contribution in [1.29, 1.82) is 0 Å². The van der Waals surface area contributed by atoms with Gasteiger partial charge in [-0.05, 0) is 48.4 Å². The molecule has 0 atom stereocenters. The number of ether oxygens (including phenoxy) is 4. The van der Waals surface area contributed by atoms with E-state index in [4.69, 9.17) is 18.6 Å². The number of amides is 1. The smallest absolute Gasteiger partial charge is 0.453 e. The Kier molecular flexibility index (Phi) is 9.65. The third-order valence-electron chi connectivity index (χ3n) is 5.85. The monoisotopic (exact) mass is 599 g/mol. The summed E-state index contributed by atoms with van der Waals surface area (Å²) in [7, 11) is 1.17. The minimum atomic E-state index is -5.11. The summed E-state index contributed by atoms with van der Waals surface area (Å²) in [5, 5.41) is 2.24. The molecule has 0 saturated heterocycles. The van der Waals surface area contributed by atoms with Crippen molar-refractivity contribution in [3.63, 3.8) is 0 Å². The predicted molar refractivity (Wildman–Crippen MR) is 145 cm³/mol. The number of halogens is 3. The molecule has 1 N–H and O–H groups in total. The standard InChI is InChI=1S/C30H24F3NO9/c1-39-28(37)19-9-11-20(12-10-19)42-26-25(36)22-14-13-21(16-23(22)43-27(26)30(31,32)33)41-24(35)8-5-15-34-29(38)40-17-18-6-3-2-4-7-18/h2-4,6-7,9-14,16H,5,8,15,17H2,1H3,(H,34,38). The van der Waals surface area contributed by atoms with Crippen LogP contribution in [0, 0.1) is 0 Å². The lowest BCUT2D eigenvalue weighted by molar-refractivity contribution is -0.154. The molecule has 4 aromatic rings. The highest BCUT2D eigenvalue weighted by molar-refractivity contribution is 5.89. The average Bonchev–Trinajstić information content (AvgIpc) is 2.99. The average molecular weight is 600 g/mol. The van der Waals surface area contributed by atoms with Gasteiger partial charge in [-0.2, -0.15) is 13.2 Å². The molecular formula is C30H24F3NO9. The molecule has 1 aromatic heterocycles. The van der Waals surface area contributed by atoms with Gasteiger partial charge in [-0.25, -0.2) is 9.59 Å². The molecule has 0 spiro atoms. The number of nitrogens with one attached hydrogen (secondary N) is 1. The molecule has 3 aromatic carbocycles. The van der Waals surface area contributed by atoms with E-state index in [1.54, 1.807) is 12.1 Å². The van der Waals surface area contributed by atoms with Gasteiger partial charge in [0.15, 0.2) is 0 Å². The first-order chi connectivity index (χ1) is 20.5. The van der Waals surface area contributed by atoms with Gasteiger partial charge in [0, 0.05) is 19.0 Å². The normalized spacial score (nSPS) is 11.1. The Morgan fingerprint density at radius 3 is 2.30 bits per heavy atom. The predicted octanol–water partition coefficient (Wildman–Crippen LogP) is 6.00. The van der Waals surface area contributed by atoms with Crippen LogP contribution < -0.4 is 20.2 Å². The fraction of sp³-hybridized carbons (Fsp3) is 0.200. The van der Waals surface area contributed by atoms with Crippen molar-refractivity contribution in [2.75, 3.05) is 13.7 Å². The summed E-state index contributed by atoms with van der Waals surface area (Å²) < 4.78 is 66.6. The van der Waals surface area contributed by atoms with E-state index < -0.39 is 46.7 Å². The van der Waals surface area contributed by atoms with Crippen molar-refractivity contribution >= 4 is 29.0 Å². The zero-order valence-corrected chi connectivity index (χ0v) is 22.6. The molecule has 13 heteroatoms. The van der Waals surface area contributed by atoms with Crippen LogP contribution in [0.15, 0.2) is 82.0 Å². The van der Waals surface area contributed by atoms with Crippen molar-refractivity contribution < 1.29 is 50.9 Å². The second kappa shape index (κ2) is 13.6. The Morgan fingerprint density at radius 1 is 0.930 bits per heavy atom. The van der Waals surface area contributed by atoms with Gasteiger partial charge in [0.05, 0.1) is 18.1 Å². The van der Waals surface area contributed by atoms with Crippen LogP contribution in [0.5, 0.6) is 17.2 Å². The van der Waals surface area contributed by atoms with Gasteiger partial charge < -0.3 is 28.7 Å². The third kappa shape index (κ3) is 8.12. The first-order valence-corrected chi connectivity index (χ1v) is 12.7. The van der Waals surface area contributed by atoms with Crippen molar-refractivity contribution in [3.8, 4) is 17.2 Å². The molecule has 224 valence electrons. The molecule has 0 fully saturated rings. The zero-order chi connectivity index (χ0) is 31.0. The Hall–Kier alpha value is -5.33. The van der Waals surface area contributed by atoms with Crippen LogP contribution in [0.25, 0.3) is 11.0 Å². The zero-order valence-electron chi connectivity index (χ0n) is 22.6. The third-order valence-corrected chi connectivity index (χ3v) is 5.85. The number of hydrogen-bond donors (Lipinski definition) is 1. The lowest BCUT2D eigenvalue weighted by Crippen LogP contribution is -2.26. The number of methoxy groups -OCH3 is 1. The van der Waals surface area contributed by atoms with Crippen LogP contribution in [0.4, 0.5) is 18.0 Å². The number of esters is 2. The maximum Gasteiger partial charge on any atom is 0.453 e. The molecule has 0 aliphatic heterocycles. The number of benzene rings is 3. The molecule has 0 aliphatic carbocycles. The van der Waals surface area contributed by atoms with Crippen LogP contribution in [-0.2, 0) is 27.1 Å². The van der Waals surface area contributed by atoms with E-state index in [0.717, 1.165) is 17.7 Å². The maximum absolute atomic E-state index is 13.9. The Labute approximate surface area is 241 Å². The van der Waals surface area contributed by atoms with Gasteiger partial charge in [0.2, 0.25) is 11.2 Å². The second-order valence-corrected chi connectivity index (χ2v) is 8.93. The SMILES string of the molecule is COC(=O)c1ccc(Oc2c(C(F)(F)F)oc3cc(OC(=O)CCCNC(=O)OCc4ccccc4)ccc3c2=O)cc1. The highest BCUT2D eigenvalue weighted by atomic mass is 19.4. The van der Waals surface area contributed by atoms with Crippen LogP contribution in [-0.4, -0.2) is 31.7 Å². The van der Waals surface area contributed by atoms with E-state index in [0.29, 0.717) is 0 Å². The summed E-state index contributed by atoms with van der Waals surface area (Å²) in [6, 6.07) is 17.3. The summed E-state index contributed by atoms with van der Waals surface area (Å²) in [6.45, 7) is 0.194. The highest BCUT2D eigenvalue weighted by Crippen LogP contribution is 2.38. The van der Waals surface area contributed by atoms with Gasteiger partial charge in [0.1, 0.15) is 23.7 Å². The largest absolute Gasteiger partial charge is 0.465 e. The Balaban J connectivity index is 1.39. The number of rotatable bonds is 10. The minimum Gasteiger partial charge on any atom is -0.465 e. The van der Waals surface area contributed by atoms with E-state index in [1.807, 2.05) is 18.2 Å². The van der Waals surface area contributed by atoms with Gasteiger partial charge in [-0.1, -0.05) is 30.3 Å². The molecule has 0 saturated carbocycles. The van der Waals surface area contributed by atoms with E-state index in [-0.39, 0.29) is 48.4 Å². The molecule has 43 heavy (non-hydrogen) atoms. The van der Waals surface area contributed by atoms with E-state index in [9.17, 15) is 32.3 Å². The quantitative estimate of drug-likeness (QED) is 0.132. The topological polar surface area (TPSA) is 130 Å². The van der Waals surface area contributed by atoms with E-state index in [2.05, 4.69) is 10.1 Å². The fourth-order valence-corrected chi connectivity index (χ4v) is 3.77. The van der Waals surface area contributed by atoms with E-state index in [1.165, 1.54) is 37.4 Å². The molecule has 10 nitrogen and oxygen atoms in total. The van der Waals surface area contributed by atoms with Crippen molar-refractivity contribution in [2.24, 2.45) is 0 Å². The molecule has 0 bridgehead atoms. The number of alkyl halides is 3. The molecule has 4 rings (SSSR count). The van der Waals surface area contributed by atoms with Crippen LogP contribution in [0.3, 0.4) is 0 Å². The number of carbonyl (C=O) groups excluding carboxylic acids is 3. The number of fused-ring (bicyclic) bond motifs is 1. The van der Waals surface area contributed by atoms with Gasteiger partial charge >= 0.3 is 24.2 Å². The summed E-state index contributed by atoms with van der Waals surface area (Å²) in [6.07, 6.45) is -5.71. The van der Waals surface area contributed by atoms with Crippen LogP contribution in [0.1, 0.15) is 34.5 Å². The minimum absolute atomic E-state index is 0.0839. The summed E-state index contributed by atoms with van der Waals surface area (Å²) >= 11 is 0. The van der Waals surface area contributed by atoms with Crippen molar-refractivity contribution in [2.45, 2.75) is 25.6 Å². The lowest BCUT2D eigenvalue weighted by Gasteiger charge is -2.14.